The van der Waals surface area contributed by atoms with Crippen LogP contribution in [0.25, 0.3) is 0 Å². The van der Waals surface area contributed by atoms with E-state index in [-0.39, 0.29) is 17.8 Å². The van der Waals surface area contributed by atoms with Gasteiger partial charge in [0.25, 0.3) is 0 Å². The number of rotatable bonds is 2. The molecule has 0 bridgehead atoms. The third-order valence-corrected chi connectivity index (χ3v) is 3.54. The highest BCUT2D eigenvalue weighted by Crippen LogP contribution is 2.12. The molecule has 0 radical (unpaired) electrons. The van der Waals surface area contributed by atoms with Gasteiger partial charge in [-0.1, -0.05) is 0 Å². The number of carboxylic acid groups (broad SMARTS) is 1. The van der Waals surface area contributed by atoms with E-state index in [0.29, 0.717) is 12.2 Å². The monoisotopic (exact) mass is 292 g/mol. The summed E-state index contributed by atoms with van der Waals surface area (Å²) in [7, 11) is 2.05. The quantitative estimate of drug-likeness (QED) is 0.859. The molecule has 0 aliphatic carbocycles. The molecule has 1 aliphatic heterocycles. The van der Waals surface area contributed by atoms with Crippen molar-refractivity contribution in [3.8, 4) is 0 Å². The molecule has 0 aromatic carbocycles. The summed E-state index contributed by atoms with van der Waals surface area (Å²) in [6.45, 7) is 4.54. The number of aromatic carboxylic acids is 1. The standard InChI is InChI=1S/C14H20N4O3/c1-10-9-17(2)6-3-7-18(10)14(21)16-11-4-5-12(13(19)20)15-8-11/h4-5,8,10H,3,6-7,9H2,1-2H3,(H,16,21)(H,19,20). The van der Waals surface area contributed by atoms with Crippen LogP contribution >= 0.6 is 0 Å². The molecule has 1 unspecified atom stereocenters. The fraction of sp³-hybridized carbons (Fsp3) is 0.500. The molecule has 2 N–H and O–H groups in total. The summed E-state index contributed by atoms with van der Waals surface area (Å²) in [5.74, 6) is -1.09. The number of amides is 2. The number of urea groups is 1. The number of aromatic nitrogens is 1. The number of carbonyl (C=O) groups excluding carboxylic acids is 1. The molecule has 0 spiro atoms. The van der Waals surface area contributed by atoms with E-state index in [2.05, 4.69) is 15.2 Å². The zero-order valence-electron chi connectivity index (χ0n) is 12.2. The van der Waals surface area contributed by atoms with Gasteiger partial charge in [0.05, 0.1) is 11.9 Å². The van der Waals surface area contributed by atoms with E-state index in [4.69, 9.17) is 5.11 Å². The number of carbonyl (C=O) groups is 2. The molecule has 7 heteroatoms. The van der Waals surface area contributed by atoms with Crippen molar-refractivity contribution in [2.45, 2.75) is 19.4 Å². The van der Waals surface area contributed by atoms with Crippen molar-refractivity contribution in [2.75, 3.05) is 32.0 Å². The molecule has 0 saturated carbocycles. The first-order valence-electron chi connectivity index (χ1n) is 6.93. The first-order chi connectivity index (χ1) is 9.97. The number of anilines is 1. The lowest BCUT2D eigenvalue weighted by molar-refractivity contribution is 0.0690. The smallest absolute Gasteiger partial charge is 0.354 e. The third-order valence-electron chi connectivity index (χ3n) is 3.54. The zero-order valence-corrected chi connectivity index (χ0v) is 12.2. The molecule has 2 heterocycles. The maximum atomic E-state index is 12.3. The van der Waals surface area contributed by atoms with Crippen LogP contribution in [0.4, 0.5) is 10.5 Å². The molecule has 114 valence electrons. The predicted molar refractivity (Wildman–Crippen MR) is 78.5 cm³/mol. The van der Waals surface area contributed by atoms with Crippen molar-refractivity contribution in [3.63, 3.8) is 0 Å². The molecule has 1 aliphatic rings. The Labute approximate surface area is 123 Å². The second-order valence-electron chi connectivity index (χ2n) is 5.33. The summed E-state index contributed by atoms with van der Waals surface area (Å²) >= 11 is 0. The van der Waals surface area contributed by atoms with Gasteiger partial charge < -0.3 is 20.2 Å². The SMILES string of the molecule is CC1CN(C)CCCN1C(=O)Nc1ccc(C(=O)O)nc1. The summed E-state index contributed by atoms with van der Waals surface area (Å²) in [6.07, 6.45) is 2.29. The first-order valence-corrected chi connectivity index (χ1v) is 6.93. The number of likely N-dealkylation sites (N-methyl/N-ethyl adjacent to an activating group) is 1. The minimum Gasteiger partial charge on any atom is -0.477 e. The Hall–Kier alpha value is -2.15. The van der Waals surface area contributed by atoms with E-state index in [1.165, 1.54) is 12.3 Å². The minimum atomic E-state index is -1.09. The van der Waals surface area contributed by atoms with E-state index in [9.17, 15) is 9.59 Å². The minimum absolute atomic E-state index is 0.0437. The summed E-state index contributed by atoms with van der Waals surface area (Å²) in [5.41, 5.74) is 0.451. The lowest BCUT2D eigenvalue weighted by Gasteiger charge is -2.28. The predicted octanol–water partition coefficient (Wildman–Crippen LogP) is 1.34. The van der Waals surface area contributed by atoms with E-state index in [1.54, 1.807) is 11.0 Å². The van der Waals surface area contributed by atoms with Crippen LogP contribution in [0.15, 0.2) is 18.3 Å². The second kappa shape index (κ2) is 6.53. The van der Waals surface area contributed by atoms with Gasteiger partial charge in [0.2, 0.25) is 0 Å². The van der Waals surface area contributed by atoms with Crippen molar-refractivity contribution in [2.24, 2.45) is 0 Å². The molecule has 21 heavy (non-hydrogen) atoms. The first kappa shape index (κ1) is 15.2. The van der Waals surface area contributed by atoms with Gasteiger partial charge in [-0.15, -0.1) is 0 Å². The van der Waals surface area contributed by atoms with Crippen molar-refractivity contribution in [1.82, 2.24) is 14.8 Å². The number of pyridine rings is 1. The lowest BCUT2D eigenvalue weighted by Crippen LogP contribution is -2.44. The van der Waals surface area contributed by atoms with Crippen LogP contribution in [0.5, 0.6) is 0 Å². The fourth-order valence-corrected chi connectivity index (χ4v) is 2.46. The maximum Gasteiger partial charge on any atom is 0.354 e. The summed E-state index contributed by atoms with van der Waals surface area (Å²) < 4.78 is 0. The highest BCUT2D eigenvalue weighted by Gasteiger charge is 2.24. The Morgan fingerprint density at radius 2 is 2.14 bits per heavy atom. The number of nitrogens with zero attached hydrogens (tertiary/aromatic N) is 3. The van der Waals surface area contributed by atoms with E-state index in [0.717, 1.165) is 19.5 Å². The van der Waals surface area contributed by atoms with Crippen LogP contribution in [-0.4, -0.2) is 64.6 Å². The molecule has 1 fully saturated rings. The van der Waals surface area contributed by atoms with Gasteiger partial charge in [0, 0.05) is 19.1 Å². The van der Waals surface area contributed by atoms with Gasteiger partial charge in [0.1, 0.15) is 5.69 Å². The Kier molecular flexibility index (Phi) is 4.74. The normalized spacial score (nSPS) is 19.9. The van der Waals surface area contributed by atoms with Gasteiger partial charge in [-0.2, -0.15) is 0 Å². The average molecular weight is 292 g/mol. The molecule has 2 amide bonds. The van der Waals surface area contributed by atoms with Crippen molar-refractivity contribution < 1.29 is 14.7 Å². The number of hydrogen-bond donors (Lipinski definition) is 2. The Bertz CT molecular complexity index is 517. The van der Waals surface area contributed by atoms with Gasteiger partial charge >= 0.3 is 12.0 Å². The molecule has 7 nitrogen and oxygen atoms in total. The average Bonchev–Trinajstić information content (AvgIpc) is 2.60. The Morgan fingerprint density at radius 1 is 1.38 bits per heavy atom. The van der Waals surface area contributed by atoms with Gasteiger partial charge in [-0.05, 0) is 39.1 Å². The lowest BCUT2D eigenvalue weighted by atomic mass is 10.3. The van der Waals surface area contributed by atoms with Crippen molar-refractivity contribution >= 4 is 17.7 Å². The highest BCUT2D eigenvalue weighted by atomic mass is 16.4. The van der Waals surface area contributed by atoms with Gasteiger partial charge in [0.15, 0.2) is 0 Å². The zero-order chi connectivity index (χ0) is 15.4. The maximum absolute atomic E-state index is 12.3. The van der Waals surface area contributed by atoms with E-state index in [1.807, 2.05) is 14.0 Å². The van der Waals surface area contributed by atoms with Crippen LogP contribution in [-0.2, 0) is 0 Å². The Balaban J connectivity index is 2.01. The van der Waals surface area contributed by atoms with Crippen LogP contribution in [0.1, 0.15) is 23.8 Å². The molecular formula is C14H20N4O3. The van der Waals surface area contributed by atoms with Crippen LogP contribution in [0, 0.1) is 0 Å². The van der Waals surface area contributed by atoms with Crippen molar-refractivity contribution in [1.29, 1.82) is 0 Å². The van der Waals surface area contributed by atoms with Gasteiger partial charge in [-0.25, -0.2) is 14.6 Å². The largest absolute Gasteiger partial charge is 0.477 e. The molecule has 1 saturated heterocycles. The fourth-order valence-electron chi connectivity index (χ4n) is 2.46. The topological polar surface area (TPSA) is 85.8 Å². The molecule has 1 aromatic rings. The van der Waals surface area contributed by atoms with Crippen molar-refractivity contribution in [3.05, 3.63) is 24.0 Å². The second-order valence-corrected chi connectivity index (χ2v) is 5.33. The summed E-state index contributed by atoms with van der Waals surface area (Å²) in [5, 5.41) is 11.6. The Morgan fingerprint density at radius 3 is 2.76 bits per heavy atom. The van der Waals surface area contributed by atoms with Crippen LogP contribution < -0.4 is 5.32 Å². The van der Waals surface area contributed by atoms with Crippen LogP contribution in [0.2, 0.25) is 0 Å². The molecule has 1 aromatic heterocycles. The number of hydrogen-bond acceptors (Lipinski definition) is 4. The number of carboxylic acids is 1. The summed E-state index contributed by atoms with van der Waals surface area (Å²) in [4.78, 5) is 30.8. The molecule has 2 rings (SSSR count). The third kappa shape index (κ3) is 3.91. The number of nitrogens with one attached hydrogen (secondary N) is 1. The molecular weight excluding hydrogens is 272 g/mol. The van der Waals surface area contributed by atoms with Gasteiger partial charge in [-0.3, -0.25) is 0 Å². The van der Waals surface area contributed by atoms with Crippen LogP contribution in [0.3, 0.4) is 0 Å². The highest BCUT2D eigenvalue weighted by molar-refractivity contribution is 5.90. The molecule has 1 atom stereocenters. The van der Waals surface area contributed by atoms with E-state index >= 15 is 0 Å². The van der Waals surface area contributed by atoms with E-state index < -0.39 is 5.97 Å². The summed E-state index contributed by atoms with van der Waals surface area (Å²) in [6, 6.07) is 2.87.